The highest BCUT2D eigenvalue weighted by Gasteiger charge is 2.74. The van der Waals surface area contributed by atoms with E-state index < -0.39 is 32.5 Å². The van der Waals surface area contributed by atoms with Crippen molar-refractivity contribution in [2.45, 2.75) is 30.6 Å². The molecule has 7 heteroatoms. The number of carbonyl (C=O) groups excluding carboxylic acids is 1. The van der Waals surface area contributed by atoms with Crippen molar-refractivity contribution < 1.29 is 17.9 Å². The molecule has 0 radical (unpaired) electrons. The molecule has 0 unspecified atom stereocenters. The van der Waals surface area contributed by atoms with Crippen LogP contribution in [0.3, 0.4) is 0 Å². The minimum absolute atomic E-state index is 0.0763. The molecule has 1 fully saturated rings. The van der Waals surface area contributed by atoms with Gasteiger partial charge in [-0.2, -0.15) is 0 Å². The minimum Gasteiger partial charge on any atom is -0.465 e. The molecule has 5 nitrogen and oxygen atoms in total. The number of esters is 1. The Balaban J connectivity index is 2.45. The summed E-state index contributed by atoms with van der Waals surface area (Å²) >= 11 is 5.94. The maximum absolute atomic E-state index is 12.2. The van der Waals surface area contributed by atoms with Gasteiger partial charge in [0.2, 0.25) is 0 Å². The van der Waals surface area contributed by atoms with Gasteiger partial charge in [0.15, 0.2) is 9.84 Å². The SMILES string of the molecule is CCOC(=O)[C@]1(N)[C@@H](c2cccc(Cl)c2)[C@@H]1S(=O)(=O)CC. The van der Waals surface area contributed by atoms with Gasteiger partial charge in [-0.05, 0) is 24.6 Å². The summed E-state index contributed by atoms with van der Waals surface area (Å²) in [6.07, 6.45) is 0. The van der Waals surface area contributed by atoms with E-state index in [-0.39, 0.29) is 12.4 Å². The summed E-state index contributed by atoms with van der Waals surface area (Å²) < 4.78 is 29.4. The highest BCUT2D eigenvalue weighted by atomic mass is 35.5. The third kappa shape index (κ3) is 2.67. The molecule has 1 aliphatic carbocycles. The van der Waals surface area contributed by atoms with Gasteiger partial charge in [0.1, 0.15) is 5.54 Å². The maximum atomic E-state index is 12.2. The Morgan fingerprint density at radius 1 is 1.43 bits per heavy atom. The summed E-state index contributed by atoms with van der Waals surface area (Å²) in [6.45, 7) is 3.34. The first-order valence-corrected chi connectivity index (χ1v) is 8.81. The Morgan fingerprint density at radius 3 is 2.62 bits per heavy atom. The summed E-state index contributed by atoms with van der Waals surface area (Å²) in [5.41, 5.74) is 5.22. The molecule has 0 aliphatic heterocycles. The Morgan fingerprint density at radius 2 is 2.10 bits per heavy atom. The van der Waals surface area contributed by atoms with E-state index in [9.17, 15) is 13.2 Å². The molecule has 0 amide bonds. The molecule has 116 valence electrons. The van der Waals surface area contributed by atoms with Crippen molar-refractivity contribution in [3.8, 4) is 0 Å². The highest BCUT2D eigenvalue weighted by Crippen LogP contribution is 2.55. The molecule has 2 N–H and O–H groups in total. The van der Waals surface area contributed by atoms with Gasteiger partial charge >= 0.3 is 5.97 Å². The molecule has 3 atom stereocenters. The van der Waals surface area contributed by atoms with E-state index in [0.29, 0.717) is 10.6 Å². The fourth-order valence-corrected chi connectivity index (χ4v) is 4.82. The molecule has 1 saturated carbocycles. The van der Waals surface area contributed by atoms with Crippen LogP contribution < -0.4 is 5.73 Å². The van der Waals surface area contributed by atoms with Crippen molar-refractivity contribution in [3.05, 3.63) is 34.9 Å². The molecule has 0 aromatic heterocycles. The molecule has 21 heavy (non-hydrogen) atoms. The number of rotatable bonds is 5. The number of carbonyl (C=O) groups is 1. The second-order valence-electron chi connectivity index (χ2n) is 5.06. The van der Waals surface area contributed by atoms with Gasteiger partial charge < -0.3 is 10.5 Å². The summed E-state index contributed by atoms with van der Waals surface area (Å²) in [5, 5.41) is -0.495. The molecule has 0 heterocycles. The third-order valence-corrected chi connectivity index (χ3v) is 6.28. The van der Waals surface area contributed by atoms with Crippen LogP contribution in [-0.2, 0) is 19.4 Å². The number of sulfone groups is 1. The van der Waals surface area contributed by atoms with Crippen molar-refractivity contribution in [1.82, 2.24) is 0 Å². The molecule has 0 saturated heterocycles. The van der Waals surface area contributed by atoms with E-state index in [1.165, 1.54) is 6.92 Å². The zero-order valence-electron chi connectivity index (χ0n) is 11.9. The maximum Gasteiger partial charge on any atom is 0.328 e. The van der Waals surface area contributed by atoms with Crippen LogP contribution in [0.4, 0.5) is 0 Å². The predicted octanol–water partition coefficient (Wildman–Crippen LogP) is 1.50. The van der Waals surface area contributed by atoms with Crippen LogP contribution in [0.25, 0.3) is 0 Å². The quantitative estimate of drug-likeness (QED) is 0.826. The number of benzene rings is 1. The molecule has 0 bridgehead atoms. The zero-order valence-corrected chi connectivity index (χ0v) is 13.4. The fraction of sp³-hybridized carbons (Fsp3) is 0.500. The minimum atomic E-state index is -3.48. The van der Waals surface area contributed by atoms with Gasteiger partial charge in [0, 0.05) is 16.7 Å². The molecule has 1 aromatic carbocycles. The summed E-state index contributed by atoms with van der Waals surface area (Å²) in [7, 11) is -3.48. The van der Waals surface area contributed by atoms with Crippen molar-refractivity contribution >= 4 is 27.4 Å². The summed E-state index contributed by atoms with van der Waals surface area (Å²) in [4.78, 5) is 12.1. The molecule has 2 rings (SSSR count). The lowest BCUT2D eigenvalue weighted by Crippen LogP contribution is -2.41. The smallest absolute Gasteiger partial charge is 0.328 e. The Bertz CT molecular complexity index is 661. The second kappa shape index (κ2) is 5.59. The first-order valence-electron chi connectivity index (χ1n) is 6.72. The van der Waals surface area contributed by atoms with E-state index in [1.54, 1.807) is 31.2 Å². The molecule has 1 aliphatic rings. The largest absolute Gasteiger partial charge is 0.465 e. The Hall–Kier alpha value is -1.11. The topological polar surface area (TPSA) is 86.5 Å². The zero-order chi connectivity index (χ0) is 15.8. The van der Waals surface area contributed by atoms with Crippen LogP contribution in [0.1, 0.15) is 25.3 Å². The number of hydrogen-bond donors (Lipinski definition) is 1. The summed E-state index contributed by atoms with van der Waals surface area (Å²) in [5.74, 6) is -1.38. The normalized spacial score (nSPS) is 28.2. The predicted molar refractivity (Wildman–Crippen MR) is 81.0 cm³/mol. The molecular formula is C14H18ClNO4S. The van der Waals surface area contributed by atoms with Gasteiger partial charge in [0.25, 0.3) is 0 Å². The Labute approximate surface area is 129 Å². The van der Waals surface area contributed by atoms with Gasteiger partial charge in [-0.3, -0.25) is 0 Å². The van der Waals surface area contributed by atoms with E-state index in [2.05, 4.69) is 0 Å². The van der Waals surface area contributed by atoms with Crippen LogP contribution >= 0.6 is 11.6 Å². The first-order chi connectivity index (χ1) is 9.79. The van der Waals surface area contributed by atoms with E-state index in [0.717, 1.165) is 0 Å². The summed E-state index contributed by atoms with van der Waals surface area (Å²) in [6, 6.07) is 6.75. The lowest BCUT2D eigenvalue weighted by molar-refractivity contribution is -0.145. The van der Waals surface area contributed by atoms with Crippen LogP contribution in [0, 0.1) is 0 Å². The number of ether oxygens (including phenoxy) is 1. The lowest BCUT2D eigenvalue weighted by Gasteiger charge is -2.11. The monoisotopic (exact) mass is 331 g/mol. The van der Waals surface area contributed by atoms with Crippen molar-refractivity contribution in [2.24, 2.45) is 5.73 Å². The van der Waals surface area contributed by atoms with Crippen LogP contribution in [-0.4, -0.2) is 37.5 Å². The highest BCUT2D eigenvalue weighted by molar-refractivity contribution is 7.92. The first kappa shape index (κ1) is 16.3. The second-order valence-corrected chi connectivity index (χ2v) is 7.91. The number of halogens is 1. The molecular weight excluding hydrogens is 314 g/mol. The van der Waals surface area contributed by atoms with E-state index in [1.807, 2.05) is 0 Å². The molecule has 1 aromatic rings. The third-order valence-electron chi connectivity index (χ3n) is 3.81. The number of hydrogen-bond acceptors (Lipinski definition) is 5. The number of nitrogens with two attached hydrogens (primary N) is 1. The van der Waals surface area contributed by atoms with E-state index in [4.69, 9.17) is 22.1 Å². The molecule has 0 spiro atoms. The van der Waals surface area contributed by atoms with Crippen molar-refractivity contribution in [2.75, 3.05) is 12.4 Å². The van der Waals surface area contributed by atoms with Gasteiger partial charge in [-0.15, -0.1) is 0 Å². The average molecular weight is 332 g/mol. The van der Waals surface area contributed by atoms with Crippen molar-refractivity contribution in [1.29, 1.82) is 0 Å². The van der Waals surface area contributed by atoms with Crippen LogP contribution in [0.2, 0.25) is 5.02 Å². The van der Waals surface area contributed by atoms with Gasteiger partial charge in [-0.25, -0.2) is 13.2 Å². The Kier molecular flexibility index (Phi) is 4.33. The average Bonchev–Trinajstić information content (AvgIpc) is 3.08. The lowest BCUT2D eigenvalue weighted by atomic mass is 10.1. The van der Waals surface area contributed by atoms with Crippen molar-refractivity contribution in [3.63, 3.8) is 0 Å². The van der Waals surface area contributed by atoms with Gasteiger partial charge in [-0.1, -0.05) is 30.7 Å². The van der Waals surface area contributed by atoms with Gasteiger partial charge in [0.05, 0.1) is 11.9 Å². The fourth-order valence-electron chi connectivity index (χ4n) is 2.71. The van der Waals surface area contributed by atoms with Crippen LogP contribution in [0.15, 0.2) is 24.3 Å². The van der Waals surface area contributed by atoms with Crippen LogP contribution in [0.5, 0.6) is 0 Å². The standard InChI is InChI=1S/C14H18ClNO4S/c1-3-20-13(17)14(16)11(12(14)21(18,19)4-2)9-6-5-7-10(15)8-9/h5-8,11-12H,3-4,16H2,1-2H3/t11-,12-,14-/m0/s1. The van der Waals surface area contributed by atoms with E-state index >= 15 is 0 Å².